The van der Waals surface area contributed by atoms with E-state index in [-0.39, 0.29) is 0 Å². The van der Waals surface area contributed by atoms with Gasteiger partial charge in [0.2, 0.25) is 0 Å². The summed E-state index contributed by atoms with van der Waals surface area (Å²) in [6.07, 6.45) is 7.52. The van der Waals surface area contributed by atoms with Gasteiger partial charge in [-0.1, -0.05) is 24.3 Å². The fourth-order valence-corrected chi connectivity index (χ4v) is 6.38. The Morgan fingerprint density at radius 2 is 1.40 bits per heavy atom. The van der Waals surface area contributed by atoms with Crippen molar-refractivity contribution >= 4 is 38.5 Å². The van der Waals surface area contributed by atoms with Crippen molar-refractivity contribution in [3.8, 4) is 22.3 Å². The average Bonchev–Trinajstić information content (AvgIpc) is 3.57. The number of rotatable bonds is 0. The largest absolute Gasteiger partial charge is 0.274 e. The molecule has 0 N–H and O–H groups in total. The molecule has 0 saturated heterocycles. The standard InChI is InChI=1S/C31H18N4/c1-2-5-21-17(4-1)10-18-13-24-19(12-23(18)21)11-20-14-27-26(15-25(20)24)22-6-3-8-33-30(22)35-29-16-32-9-7-28(29)34-31(27)35/h1-9,12-16H,10-11H2. The predicted molar refractivity (Wildman–Crippen MR) is 140 cm³/mol. The molecular weight excluding hydrogens is 428 g/mol. The maximum Gasteiger partial charge on any atom is 0.147 e. The minimum Gasteiger partial charge on any atom is -0.274 e. The number of nitrogens with zero attached hydrogens (tertiary/aromatic N) is 4. The van der Waals surface area contributed by atoms with Gasteiger partial charge < -0.3 is 0 Å². The van der Waals surface area contributed by atoms with Crippen LogP contribution in [0.2, 0.25) is 0 Å². The van der Waals surface area contributed by atoms with E-state index in [2.05, 4.69) is 64.0 Å². The highest BCUT2D eigenvalue weighted by Crippen LogP contribution is 2.46. The van der Waals surface area contributed by atoms with Gasteiger partial charge in [-0.3, -0.25) is 9.38 Å². The molecule has 0 amide bonds. The lowest BCUT2D eigenvalue weighted by Crippen LogP contribution is -1.95. The third-order valence-electron chi connectivity index (χ3n) is 7.92. The molecule has 2 aliphatic carbocycles. The minimum absolute atomic E-state index is 0.924. The fourth-order valence-electron chi connectivity index (χ4n) is 6.38. The molecule has 4 heteroatoms. The summed E-state index contributed by atoms with van der Waals surface area (Å²) in [5, 5.41) is 3.52. The van der Waals surface area contributed by atoms with E-state index >= 15 is 0 Å². The van der Waals surface area contributed by atoms with E-state index in [1.165, 1.54) is 55.3 Å². The lowest BCUT2D eigenvalue weighted by Gasteiger charge is -2.11. The first-order chi connectivity index (χ1) is 17.3. The highest BCUT2D eigenvalue weighted by atomic mass is 15.1. The van der Waals surface area contributed by atoms with E-state index < -0.39 is 0 Å². The normalized spacial score (nSPS) is 13.5. The zero-order valence-electron chi connectivity index (χ0n) is 18.8. The summed E-state index contributed by atoms with van der Waals surface area (Å²) < 4.78 is 2.17. The van der Waals surface area contributed by atoms with Crippen molar-refractivity contribution in [2.24, 2.45) is 0 Å². The summed E-state index contributed by atoms with van der Waals surface area (Å²) >= 11 is 0. The van der Waals surface area contributed by atoms with Gasteiger partial charge in [0.1, 0.15) is 11.3 Å². The van der Waals surface area contributed by atoms with Crippen LogP contribution in [0.15, 0.2) is 85.3 Å². The van der Waals surface area contributed by atoms with Gasteiger partial charge in [-0.2, -0.15) is 0 Å². The topological polar surface area (TPSA) is 43.1 Å². The van der Waals surface area contributed by atoms with Gasteiger partial charge >= 0.3 is 0 Å². The summed E-state index contributed by atoms with van der Waals surface area (Å²) in [6, 6.07) is 24.6. The molecule has 4 heterocycles. The zero-order valence-corrected chi connectivity index (χ0v) is 18.8. The molecule has 162 valence electrons. The number of benzene rings is 3. The summed E-state index contributed by atoms with van der Waals surface area (Å²) in [5.74, 6) is 0. The number of hydrogen-bond donors (Lipinski definition) is 0. The van der Waals surface area contributed by atoms with Crippen LogP contribution < -0.4 is 0 Å². The number of imidazole rings is 1. The Hall–Kier alpha value is -4.57. The maximum atomic E-state index is 5.03. The Bertz CT molecular complexity index is 2070. The number of fused-ring (bicyclic) bond motifs is 14. The molecule has 7 aromatic rings. The third kappa shape index (κ3) is 2.20. The van der Waals surface area contributed by atoms with Crippen LogP contribution in [0.5, 0.6) is 0 Å². The summed E-state index contributed by atoms with van der Waals surface area (Å²) in [6.45, 7) is 0. The lowest BCUT2D eigenvalue weighted by molar-refractivity contribution is 1.22. The van der Waals surface area contributed by atoms with E-state index in [4.69, 9.17) is 9.97 Å². The number of hydrogen-bond acceptors (Lipinski definition) is 3. The Kier molecular flexibility index (Phi) is 3.11. The van der Waals surface area contributed by atoms with Gasteiger partial charge in [-0.25, -0.2) is 9.97 Å². The van der Waals surface area contributed by atoms with Gasteiger partial charge in [-0.15, -0.1) is 0 Å². The Morgan fingerprint density at radius 3 is 2.34 bits per heavy atom. The van der Waals surface area contributed by atoms with Crippen molar-refractivity contribution in [2.75, 3.05) is 0 Å². The lowest BCUT2D eigenvalue weighted by atomic mass is 9.96. The molecule has 0 atom stereocenters. The van der Waals surface area contributed by atoms with Crippen LogP contribution in [-0.2, 0) is 12.8 Å². The second-order valence-electron chi connectivity index (χ2n) is 9.74. The van der Waals surface area contributed by atoms with Crippen LogP contribution in [0.25, 0.3) is 60.7 Å². The second kappa shape index (κ2) is 6.10. The molecule has 4 nitrogen and oxygen atoms in total. The highest BCUT2D eigenvalue weighted by molar-refractivity contribution is 6.14. The van der Waals surface area contributed by atoms with E-state index in [0.717, 1.165) is 40.6 Å². The zero-order chi connectivity index (χ0) is 22.7. The Balaban J connectivity index is 1.37. The molecule has 0 saturated carbocycles. The summed E-state index contributed by atoms with van der Waals surface area (Å²) in [5.41, 5.74) is 15.0. The van der Waals surface area contributed by atoms with Crippen LogP contribution in [0, 0.1) is 0 Å². The molecule has 0 radical (unpaired) electrons. The number of aromatic nitrogens is 4. The third-order valence-corrected chi connectivity index (χ3v) is 7.92. The molecule has 4 aromatic heterocycles. The molecule has 0 unspecified atom stereocenters. The van der Waals surface area contributed by atoms with E-state index in [0.29, 0.717) is 0 Å². The van der Waals surface area contributed by atoms with Crippen molar-refractivity contribution in [2.45, 2.75) is 12.8 Å². The number of pyridine rings is 3. The maximum absolute atomic E-state index is 5.03. The SMILES string of the molecule is c1ccc2c(c1)Cc1cc3c(cc1-2)Cc1cc2c(cc1-3)c1cccnc1n1c3cnccc3nc21. The van der Waals surface area contributed by atoms with Crippen molar-refractivity contribution in [3.63, 3.8) is 0 Å². The van der Waals surface area contributed by atoms with Gasteiger partial charge in [0, 0.05) is 23.2 Å². The fraction of sp³-hybridized carbons (Fsp3) is 0.0645. The smallest absolute Gasteiger partial charge is 0.147 e. The van der Waals surface area contributed by atoms with Crippen molar-refractivity contribution in [3.05, 3.63) is 108 Å². The highest BCUT2D eigenvalue weighted by Gasteiger charge is 2.26. The van der Waals surface area contributed by atoms with Crippen LogP contribution in [0.1, 0.15) is 22.3 Å². The molecular formula is C31H18N4. The van der Waals surface area contributed by atoms with Crippen LogP contribution >= 0.6 is 0 Å². The molecule has 35 heavy (non-hydrogen) atoms. The minimum atomic E-state index is 0.924. The first-order valence-corrected chi connectivity index (χ1v) is 12.0. The molecule has 0 spiro atoms. The first kappa shape index (κ1) is 17.8. The Morgan fingerprint density at radius 1 is 0.600 bits per heavy atom. The Labute approximate surface area is 200 Å². The van der Waals surface area contributed by atoms with Crippen LogP contribution in [0.4, 0.5) is 0 Å². The average molecular weight is 447 g/mol. The van der Waals surface area contributed by atoms with E-state index in [1.807, 2.05) is 24.5 Å². The summed E-state index contributed by atoms with van der Waals surface area (Å²) in [4.78, 5) is 14.2. The van der Waals surface area contributed by atoms with E-state index in [9.17, 15) is 0 Å². The first-order valence-electron chi connectivity index (χ1n) is 12.0. The van der Waals surface area contributed by atoms with E-state index in [1.54, 1.807) is 6.20 Å². The van der Waals surface area contributed by atoms with Crippen LogP contribution in [-0.4, -0.2) is 19.4 Å². The van der Waals surface area contributed by atoms with Gasteiger partial charge in [-0.05, 0) is 105 Å². The molecule has 2 aliphatic rings. The molecule has 0 aliphatic heterocycles. The van der Waals surface area contributed by atoms with Gasteiger partial charge in [0.25, 0.3) is 0 Å². The summed E-state index contributed by atoms with van der Waals surface area (Å²) in [7, 11) is 0. The van der Waals surface area contributed by atoms with Crippen molar-refractivity contribution in [1.29, 1.82) is 0 Å². The quantitative estimate of drug-likeness (QED) is 0.243. The van der Waals surface area contributed by atoms with Crippen molar-refractivity contribution in [1.82, 2.24) is 19.4 Å². The molecule has 0 bridgehead atoms. The monoisotopic (exact) mass is 446 g/mol. The molecule has 3 aromatic carbocycles. The molecule has 0 fully saturated rings. The van der Waals surface area contributed by atoms with Gasteiger partial charge in [0.15, 0.2) is 0 Å². The van der Waals surface area contributed by atoms with Crippen molar-refractivity contribution < 1.29 is 0 Å². The predicted octanol–water partition coefficient (Wildman–Crippen LogP) is 6.73. The van der Waals surface area contributed by atoms with Gasteiger partial charge in [0.05, 0.1) is 17.2 Å². The van der Waals surface area contributed by atoms with Crippen LogP contribution in [0.3, 0.4) is 0 Å². The second-order valence-corrected chi connectivity index (χ2v) is 9.74. The molecule has 9 rings (SSSR count).